The van der Waals surface area contributed by atoms with E-state index in [9.17, 15) is 9.59 Å². The molecule has 0 radical (unpaired) electrons. The van der Waals surface area contributed by atoms with Crippen molar-refractivity contribution in [3.8, 4) is 0 Å². The summed E-state index contributed by atoms with van der Waals surface area (Å²) in [5.41, 5.74) is 1.50. The second-order valence-corrected chi connectivity index (χ2v) is 7.93. The van der Waals surface area contributed by atoms with E-state index in [1.807, 2.05) is 31.2 Å². The Kier molecular flexibility index (Phi) is 6.33. The van der Waals surface area contributed by atoms with Gasteiger partial charge in [-0.05, 0) is 43.4 Å². The van der Waals surface area contributed by atoms with Crippen molar-refractivity contribution in [1.29, 1.82) is 0 Å². The van der Waals surface area contributed by atoms with Crippen LogP contribution in [0.2, 0.25) is 0 Å². The van der Waals surface area contributed by atoms with Crippen LogP contribution in [0.15, 0.2) is 24.3 Å². The molecular weight excluding hydrogens is 324 g/mol. The fraction of sp³-hybridized carbons (Fsp3) is 0.636. The van der Waals surface area contributed by atoms with Crippen LogP contribution in [0.4, 0.5) is 5.69 Å². The molecule has 0 unspecified atom stereocenters. The topological polar surface area (TPSA) is 58.2 Å². The zero-order valence-electron chi connectivity index (χ0n) is 16.0. The van der Waals surface area contributed by atoms with Gasteiger partial charge >= 0.3 is 0 Å². The van der Waals surface area contributed by atoms with Gasteiger partial charge in [-0.1, -0.05) is 57.6 Å². The lowest BCUT2D eigenvalue weighted by Gasteiger charge is -2.38. The summed E-state index contributed by atoms with van der Waals surface area (Å²) in [5.74, 6) is 0.231. The lowest BCUT2D eigenvalue weighted by atomic mass is 9.68. The number of rotatable bonds is 5. The molecule has 2 amide bonds. The van der Waals surface area contributed by atoms with E-state index in [1.165, 1.54) is 25.7 Å². The van der Waals surface area contributed by atoms with Crippen LogP contribution in [-0.4, -0.2) is 17.9 Å². The second-order valence-electron chi connectivity index (χ2n) is 7.93. The Morgan fingerprint density at radius 3 is 2.19 bits per heavy atom. The largest absolute Gasteiger partial charge is 0.353 e. The molecule has 0 bridgehead atoms. The van der Waals surface area contributed by atoms with Gasteiger partial charge in [0, 0.05) is 18.2 Å². The summed E-state index contributed by atoms with van der Waals surface area (Å²) in [6.45, 7) is 1.84. The summed E-state index contributed by atoms with van der Waals surface area (Å²) in [5, 5.41) is 6.26. The van der Waals surface area contributed by atoms with Gasteiger partial charge in [0.2, 0.25) is 11.8 Å². The summed E-state index contributed by atoms with van der Waals surface area (Å²) in [6.07, 6.45) is 11.7. The molecule has 0 atom stereocenters. The fourth-order valence-electron chi connectivity index (χ4n) is 4.49. The first-order valence-corrected chi connectivity index (χ1v) is 10.4. The first-order valence-electron chi connectivity index (χ1n) is 10.4. The molecule has 2 fully saturated rings. The number of hydrogen-bond donors (Lipinski definition) is 2. The van der Waals surface area contributed by atoms with E-state index in [0.29, 0.717) is 12.5 Å². The Morgan fingerprint density at radius 1 is 0.962 bits per heavy atom. The van der Waals surface area contributed by atoms with E-state index >= 15 is 0 Å². The van der Waals surface area contributed by atoms with Crippen LogP contribution in [0.1, 0.15) is 83.1 Å². The van der Waals surface area contributed by atoms with Crippen molar-refractivity contribution in [3.05, 3.63) is 29.8 Å². The lowest BCUT2D eigenvalue weighted by Crippen LogP contribution is -2.49. The summed E-state index contributed by atoms with van der Waals surface area (Å²) >= 11 is 0. The highest BCUT2D eigenvalue weighted by Crippen LogP contribution is 2.40. The first-order chi connectivity index (χ1) is 12.6. The predicted molar refractivity (Wildman–Crippen MR) is 105 cm³/mol. The molecule has 4 heteroatoms. The van der Waals surface area contributed by atoms with Crippen LogP contribution in [0.25, 0.3) is 0 Å². The standard InChI is InChI=1S/C22H32N2O2/c1-2-20(25)23-19-13-11-17(12-14-19)22(15-7-4-8-16-22)21(26)24-18-9-5-3-6-10-18/h11-14,18H,2-10,15-16H2,1H3,(H,23,25)(H,24,26). The molecule has 0 heterocycles. The molecule has 0 saturated heterocycles. The van der Waals surface area contributed by atoms with Gasteiger partial charge in [0.25, 0.3) is 0 Å². The predicted octanol–water partition coefficient (Wildman–Crippen LogP) is 4.69. The Hall–Kier alpha value is -1.84. The molecule has 2 N–H and O–H groups in total. The summed E-state index contributed by atoms with van der Waals surface area (Å²) < 4.78 is 0. The van der Waals surface area contributed by atoms with E-state index in [2.05, 4.69) is 10.6 Å². The van der Waals surface area contributed by atoms with Crippen molar-refractivity contribution in [1.82, 2.24) is 5.32 Å². The smallest absolute Gasteiger partial charge is 0.230 e. The van der Waals surface area contributed by atoms with Crippen molar-refractivity contribution >= 4 is 17.5 Å². The lowest BCUT2D eigenvalue weighted by molar-refractivity contribution is -0.129. The van der Waals surface area contributed by atoms with E-state index in [4.69, 9.17) is 0 Å². The normalized spacial score (nSPS) is 20.3. The number of carbonyl (C=O) groups is 2. The minimum absolute atomic E-state index is 0.0140. The molecule has 1 aromatic rings. The van der Waals surface area contributed by atoms with Crippen molar-refractivity contribution in [2.24, 2.45) is 0 Å². The molecular formula is C22H32N2O2. The third-order valence-corrected chi connectivity index (χ3v) is 6.12. The van der Waals surface area contributed by atoms with E-state index in [0.717, 1.165) is 49.8 Å². The van der Waals surface area contributed by atoms with Gasteiger partial charge in [-0.15, -0.1) is 0 Å². The summed E-state index contributed by atoms with van der Waals surface area (Å²) in [4.78, 5) is 24.9. The molecule has 2 aliphatic rings. The van der Waals surface area contributed by atoms with E-state index in [-0.39, 0.29) is 11.8 Å². The Labute approximate surface area is 157 Å². The first kappa shape index (κ1) is 18.9. The molecule has 2 saturated carbocycles. The molecule has 4 nitrogen and oxygen atoms in total. The average Bonchev–Trinajstić information content (AvgIpc) is 2.69. The molecule has 3 rings (SSSR count). The Bertz CT molecular complexity index is 612. The van der Waals surface area contributed by atoms with Crippen molar-refractivity contribution in [3.63, 3.8) is 0 Å². The van der Waals surface area contributed by atoms with Gasteiger partial charge in [0.1, 0.15) is 0 Å². The number of amides is 2. The van der Waals surface area contributed by atoms with Crippen molar-refractivity contribution < 1.29 is 9.59 Å². The Morgan fingerprint density at radius 2 is 1.58 bits per heavy atom. The number of benzene rings is 1. The maximum absolute atomic E-state index is 13.3. The van der Waals surface area contributed by atoms with Crippen LogP contribution >= 0.6 is 0 Å². The summed E-state index contributed by atoms with van der Waals surface area (Å²) in [6, 6.07) is 8.30. The number of nitrogens with one attached hydrogen (secondary N) is 2. The van der Waals surface area contributed by atoms with Crippen LogP contribution in [0.3, 0.4) is 0 Å². The highest BCUT2D eigenvalue weighted by molar-refractivity contribution is 5.91. The third-order valence-electron chi connectivity index (χ3n) is 6.12. The number of carbonyl (C=O) groups excluding carboxylic acids is 2. The summed E-state index contributed by atoms with van der Waals surface area (Å²) in [7, 11) is 0. The molecule has 26 heavy (non-hydrogen) atoms. The maximum atomic E-state index is 13.3. The molecule has 1 aromatic carbocycles. The highest BCUT2D eigenvalue weighted by Gasteiger charge is 2.41. The minimum Gasteiger partial charge on any atom is -0.353 e. The van der Waals surface area contributed by atoms with Crippen LogP contribution in [0, 0.1) is 0 Å². The highest BCUT2D eigenvalue weighted by atomic mass is 16.2. The van der Waals surface area contributed by atoms with Gasteiger partial charge in [-0.3, -0.25) is 9.59 Å². The van der Waals surface area contributed by atoms with Gasteiger partial charge in [-0.2, -0.15) is 0 Å². The van der Waals surface area contributed by atoms with Gasteiger partial charge in [0.15, 0.2) is 0 Å². The minimum atomic E-state index is -0.400. The van der Waals surface area contributed by atoms with Crippen LogP contribution < -0.4 is 10.6 Å². The molecule has 2 aliphatic carbocycles. The third kappa shape index (κ3) is 4.28. The van der Waals surface area contributed by atoms with E-state index in [1.54, 1.807) is 0 Å². The van der Waals surface area contributed by atoms with Crippen molar-refractivity contribution in [2.75, 3.05) is 5.32 Å². The zero-order valence-corrected chi connectivity index (χ0v) is 16.0. The number of anilines is 1. The SMILES string of the molecule is CCC(=O)Nc1ccc(C2(C(=O)NC3CCCCC3)CCCCC2)cc1. The monoisotopic (exact) mass is 356 g/mol. The average molecular weight is 357 g/mol. The second kappa shape index (κ2) is 8.70. The van der Waals surface area contributed by atoms with Gasteiger partial charge in [0.05, 0.1) is 5.41 Å². The molecule has 142 valence electrons. The molecule has 0 spiro atoms. The maximum Gasteiger partial charge on any atom is 0.230 e. The van der Waals surface area contributed by atoms with Gasteiger partial charge in [-0.25, -0.2) is 0 Å². The molecule has 0 aromatic heterocycles. The van der Waals surface area contributed by atoms with Crippen LogP contribution in [0.5, 0.6) is 0 Å². The van der Waals surface area contributed by atoms with Gasteiger partial charge < -0.3 is 10.6 Å². The Balaban J connectivity index is 1.77. The quantitative estimate of drug-likeness (QED) is 0.804. The van der Waals surface area contributed by atoms with E-state index < -0.39 is 5.41 Å². The molecule has 0 aliphatic heterocycles. The fourth-order valence-corrected chi connectivity index (χ4v) is 4.49. The zero-order chi connectivity index (χ0) is 18.4. The number of hydrogen-bond acceptors (Lipinski definition) is 2. The van der Waals surface area contributed by atoms with Crippen molar-refractivity contribution in [2.45, 2.75) is 89.0 Å². The van der Waals surface area contributed by atoms with Crippen LogP contribution in [-0.2, 0) is 15.0 Å².